The molecule has 2 aliphatic heterocycles. The van der Waals surface area contributed by atoms with Crippen molar-refractivity contribution in [3.05, 3.63) is 0 Å². The fraction of sp³-hybridized carbons (Fsp3) is 1.00. The molecule has 0 aromatic rings. The maximum atomic E-state index is 5.13. The van der Waals surface area contributed by atoms with Gasteiger partial charge in [-0.1, -0.05) is 21.6 Å². The molecule has 0 N–H and O–H groups in total. The number of hydrogen-bond acceptors (Lipinski definition) is 3. The third kappa shape index (κ3) is 0.684. The Morgan fingerprint density at radius 1 is 1.12 bits per heavy atom. The van der Waals surface area contributed by atoms with Crippen LogP contribution in [0, 0.1) is 5.41 Å². The van der Waals surface area contributed by atoms with Gasteiger partial charge in [0.1, 0.15) is 0 Å². The minimum absolute atomic E-state index is 0.620. The molecular formula is C5H8OS2. The lowest BCUT2D eigenvalue weighted by atomic mass is 9.91. The number of hydrogen-bond donors (Lipinski definition) is 0. The van der Waals surface area contributed by atoms with Crippen molar-refractivity contribution in [1.82, 2.24) is 0 Å². The maximum absolute atomic E-state index is 5.13. The molecule has 0 amide bonds. The van der Waals surface area contributed by atoms with E-state index < -0.39 is 0 Å². The third-order valence-corrected chi connectivity index (χ3v) is 4.46. The normalized spacial score (nSPS) is 33.0. The molecule has 0 aromatic carbocycles. The highest BCUT2D eigenvalue weighted by atomic mass is 33.1. The lowest BCUT2D eigenvalue weighted by Gasteiger charge is -2.36. The van der Waals surface area contributed by atoms with Gasteiger partial charge in [0.2, 0.25) is 0 Å². The quantitative estimate of drug-likeness (QED) is 0.481. The zero-order valence-corrected chi connectivity index (χ0v) is 6.19. The second kappa shape index (κ2) is 1.82. The largest absolute Gasteiger partial charge is 0.380 e. The number of ether oxygens (including phenoxy) is 1. The van der Waals surface area contributed by atoms with Crippen molar-refractivity contribution in [2.75, 3.05) is 24.7 Å². The summed E-state index contributed by atoms with van der Waals surface area (Å²) in [7, 11) is 3.99. The molecule has 2 saturated heterocycles. The Labute approximate surface area is 56.9 Å². The predicted octanol–water partition coefficient (Wildman–Crippen LogP) is 1.40. The highest BCUT2D eigenvalue weighted by Crippen LogP contribution is 2.47. The van der Waals surface area contributed by atoms with Crippen LogP contribution in [0.4, 0.5) is 0 Å². The monoisotopic (exact) mass is 148 g/mol. The summed E-state index contributed by atoms with van der Waals surface area (Å²) in [4.78, 5) is 0. The van der Waals surface area contributed by atoms with Gasteiger partial charge in [0.15, 0.2) is 0 Å². The fourth-order valence-corrected chi connectivity index (χ4v) is 4.27. The Bertz CT molecular complexity index is 92.6. The van der Waals surface area contributed by atoms with E-state index in [0.29, 0.717) is 5.41 Å². The average Bonchev–Trinajstić information content (AvgIpc) is 2.07. The first-order valence-electron chi connectivity index (χ1n) is 2.74. The Balaban J connectivity index is 2.01. The van der Waals surface area contributed by atoms with Gasteiger partial charge in [-0.3, -0.25) is 0 Å². The minimum Gasteiger partial charge on any atom is -0.380 e. The van der Waals surface area contributed by atoms with Crippen LogP contribution in [0.15, 0.2) is 0 Å². The summed E-state index contributed by atoms with van der Waals surface area (Å²) >= 11 is 0. The molecule has 3 heteroatoms. The summed E-state index contributed by atoms with van der Waals surface area (Å²) in [5, 5.41) is 0. The van der Waals surface area contributed by atoms with Crippen LogP contribution >= 0.6 is 21.6 Å². The topological polar surface area (TPSA) is 9.23 Å². The molecule has 0 atom stereocenters. The second-order valence-electron chi connectivity index (χ2n) is 2.52. The minimum atomic E-state index is 0.620. The summed E-state index contributed by atoms with van der Waals surface area (Å²) < 4.78 is 5.13. The van der Waals surface area contributed by atoms with Gasteiger partial charge in [-0.25, -0.2) is 0 Å². The first kappa shape index (κ1) is 5.45. The van der Waals surface area contributed by atoms with Crippen LogP contribution in [0.5, 0.6) is 0 Å². The molecule has 0 aliphatic carbocycles. The number of rotatable bonds is 0. The van der Waals surface area contributed by atoms with Crippen LogP contribution in [0.2, 0.25) is 0 Å². The van der Waals surface area contributed by atoms with E-state index in [2.05, 4.69) is 0 Å². The van der Waals surface area contributed by atoms with Gasteiger partial charge in [0.05, 0.1) is 13.2 Å². The molecule has 2 heterocycles. The molecule has 0 radical (unpaired) electrons. The average molecular weight is 148 g/mol. The van der Waals surface area contributed by atoms with Gasteiger partial charge >= 0.3 is 0 Å². The van der Waals surface area contributed by atoms with Gasteiger partial charge < -0.3 is 4.74 Å². The molecule has 1 nitrogen and oxygen atoms in total. The molecule has 0 bridgehead atoms. The van der Waals surface area contributed by atoms with Crippen molar-refractivity contribution >= 4 is 21.6 Å². The molecule has 2 fully saturated rings. The first-order chi connectivity index (χ1) is 3.91. The molecule has 0 unspecified atom stereocenters. The zero-order valence-electron chi connectivity index (χ0n) is 4.55. The molecule has 2 rings (SSSR count). The lowest BCUT2D eigenvalue weighted by molar-refractivity contribution is -0.0818. The highest BCUT2D eigenvalue weighted by molar-refractivity contribution is 8.77. The lowest BCUT2D eigenvalue weighted by Crippen LogP contribution is -2.44. The predicted molar refractivity (Wildman–Crippen MR) is 38.2 cm³/mol. The van der Waals surface area contributed by atoms with E-state index in [1.807, 2.05) is 21.6 Å². The third-order valence-electron chi connectivity index (χ3n) is 1.63. The maximum Gasteiger partial charge on any atom is 0.0561 e. The molecule has 0 saturated carbocycles. The van der Waals surface area contributed by atoms with Crippen LogP contribution < -0.4 is 0 Å². The summed E-state index contributed by atoms with van der Waals surface area (Å²) in [6.07, 6.45) is 0. The van der Waals surface area contributed by atoms with E-state index in [0.717, 1.165) is 13.2 Å². The van der Waals surface area contributed by atoms with Crippen LogP contribution in [-0.4, -0.2) is 24.7 Å². The Morgan fingerprint density at radius 2 is 1.75 bits per heavy atom. The summed E-state index contributed by atoms with van der Waals surface area (Å²) in [5.74, 6) is 2.63. The Hall–Kier alpha value is 0.660. The van der Waals surface area contributed by atoms with Gasteiger partial charge in [-0.15, -0.1) is 0 Å². The van der Waals surface area contributed by atoms with Crippen molar-refractivity contribution < 1.29 is 4.74 Å². The van der Waals surface area contributed by atoms with Crippen LogP contribution in [0.3, 0.4) is 0 Å². The van der Waals surface area contributed by atoms with E-state index in [-0.39, 0.29) is 0 Å². The van der Waals surface area contributed by atoms with Crippen molar-refractivity contribution in [1.29, 1.82) is 0 Å². The van der Waals surface area contributed by atoms with Gasteiger partial charge in [-0.2, -0.15) is 0 Å². The summed E-state index contributed by atoms with van der Waals surface area (Å²) in [6, 6.07) is 0. The second-order valence-corrected chi connectivity index (χ2v) is 4.98. The summed E-state index contributed by atoms with van der Waals surface area (Å²) in [5.41, 5.74) is 0.620. The van der Waals surface area contributed by atoms with Gasteiger partial charge in [0, 0.05) is 16.9 Å². The van der Waals surface area contributed by atoms with E-state index in [1.54, 1.807) is 0 Å². The molecule has 0 aromatic heterocycles. The first-order valence-corrected chi connectivity index (χ1v) is 5.22. The van der Waals surface area contributed by atoms with Crippen molar-refractivity contribution in [2.24, 2.45) is 5.41 Å². The molecular weight excluding hydrogens is 140 g/mol. The van der Waals surface area contributed by atoms with Crippen LogP contribution in [0.1, 0.15) is 0 Å². The highest BCUT2D eigenvalue weighted by Gasteiger charge is 2.42. The van der Waals surface area contributed by atoms with Crippen molar-refractivity contribution in [3.63, 3.8) is 0 Å². The smallest absolute Gasteiger partial charge is 0.0561 e. The Kier molecular flexibility index (Phi) is 1.24. The molecule has 1 spiro atoms. The molecule has 2 aliphatic rings. The molecule has 8 heavy (non-hydrogen) atoms. The van der Waals surface area contributed by atoms with E-state index >= 15 is 0 Å². The Morgan fingerprint density at radius 3 is 2.00 bits per heavy atom. The standard InChI is InChI=1S/C5H8OS2/c1-5(2-6-1)3-7-8-4-5/h1-4H2. The summed E-state index contributed by atoms with van der Waals surface area (Å²) in [6.45, 7) is 2.04. The molecule has 46 valence electrons. The van der Waals surface area contributed by atoms with Gasteiger partial charge in [0.25, 0.3) is 0 Å². The van der Waals surface area contributed by atoms with E-state index in [9.17, 15) is 0 Å². The van der Waals surface area contributed by atoms with Crippen molar-refractivity contribution in [2.45, 2.75) is 0 Å². The van der Waals surface area contributed by atoms with Crippen LogP contribution in [-0.2, 0) is 4.74 Å². The van der Waals surface area contributed by atoms with Gasteiger partial charge in [-0.05, 0) is 0 Å². The van der Waals surface area contributed by atoms with Crippen LogP contribution in [0.25, 0.3) is 0 Å². The van der Waals surface area contributed by atoms with E-state index in [4.69, 9.17) is 4.74 Å². The zero-order chi connectivity index (χ0) is 5.45. The fourth-order valence-electron chi connectivity index (χ4n) is 0.932. The van der Waals surface area contributed by atoms with E-state index in [1.165, 1.54) is 11.5 Å². The van der Waals surface area contributed by atoms with Crippen molar-refractivity contribution in [3.8, 4) is 0 Å². The SMILES string of the molecule is C1OCC12CSSC2.